The number of benzene rings is 1. The number of aliphatic hydroxyl groups excluding tert-OH is 1. The van der Waals surface area contributed by atoms with Crippen molar-refractivity contribution in [1.29, 1.82) is 0 Å². The smallest absolute Gasteiger partial charge is 0.339 e. The van der Waals surface area contributed by atoms with Crippen LogP contribution in [0.3, 0.4) is 0 Å². The van der Waals surface area contributed by atoms with Crippen LogP contribution >= 0.6 is 15.9 Å². The van der Waals surface area contributed by atoms with Gasteiger partial charge in [0.25, 0.3) is 0 Å². The summed E-state index contributed by atoms with van der Waals surface area (Å²) in [4.78, 5) is 11.1. The molecule has 2 N–H and O–H groups in total. The zero-order valence-electron chi connectivity index (χ0n) is 8.32. The van der Waals surface area contributed by atoms with Gasteiger partial charge in [0.2, 0.25) is 0 Å². The molecule has 1 rings (SSSR count). The minimum absolute atomic E-state index is 0.0160. The number of esters is 1. The van der Waals surface area contributed by atoms with E-state index in [1.54, 1.807) is 13.0 Å². The molecule has 1 atom stereocenters. The maximum Gasteiger partial charge on any atom is 0.339 e. The van der Waals surface area contributed by atoms with Crippen LogP contribution in [-0.2, 0) is 9.53 Å². The lowest BCUT2D eigenvalue weighted by atomic mass is 10.1. The Bertz CT molecular complexity index is 366. The molecule has 0 heterocycles. The summed E-state index contributed by atoms with van der Waals surface area (Å²) in [5.74, 6) is -0.743. The van der Waals surface area contributed by atoms with E-state index in [0.717, 1.165) is 0 Å². The van der Waals surface area contributed by atoms with Gasteiger partial charge in [0.05, 0.1) is 7.11 Å². The normalized spacial score (nSPS) is 12.3. The molecule has 0 saturated carbocycles. The Morgan fingerprint density at radius 3 is 2.60 bits per heavy atom. The minimum atomic E-state index is -1.38. The maximum atomic E-state index is 11.1. The van der Waals surface area contributed by atoms with Gasteiger partial charge in [0, 0.05) is 10.0 Å². The molecular weight excluding hydrogens is 264 g/mol. The highest BCUT2D eigenvalue weighted by Crippen LogP contribution is 2.29. The molecule has 0 aliphatic rings. The lowest BCUT2D eigenvalue weighted by Crippen LogP contribution is -2.13. The zero-order chi connectivity index (χ0) is 11.6. The van der Waals surface area contributed by atoms with Crippen molar-refractivity contribution in [3.05, 3.63) is 27.7 Å². The molecule has 82 valence electrons. The van der Waals surface area contributed by atoms with Gasteiger partial charge in [0.1, 0.15) is 5.75 Å². The largest absolute Gasteiger partial charge is 0.508 e. The molecule has 1 unspecified atom stereocenters. The van der Waals surface area contributed by atoms with Crippen LogP contribution in [0.4, 0.5) is 0 Å². The molecule has 5 heteroatoms. The number of ether oxygens (including phenoxy) is 1. The monoisotopic (exact) mass is 274 g/mol. The van der Waals surface area contributed by atoms with Crippen molar-refractivity contribution in [3.63, 3.8) is 0 Å². The Morgan fingerprint density at radius 1 is 1.53 bits per heavy atom. The SMILES string of the molecule is COC(=O)C(O)c1cc(O)c(C)c(Br)c1. The Hall–Kier alpha value is -1.07. The van der Waals surface area contributed by atoms with Crippen molar-refractivity contribution in [2.24, 2.45) is 0 Å². The van der Waals surface area contributed by atoms with Gasteiger partial charge in [-0.3, -0.25) is 0 Å². The van der Waals surface area contributed by atoms with Gasteiger partial charge in [0.15, 0.2) is 6.10 Å². The summed E-state index contributed by atoms with van der Waals surface area (Å²) in [6, 6.07) is 2.90. The van der Waals surface area contributed by atoms with E-state index in [1.807, 2.05) is 0 Å². The highest BCUT2D eigenvalue weighted by Gasteiger charge is 2.19. The fourth-order valence-electron chi connectivity index (χ4n) is 1.09. The summed E-state index contributed by atoms with van der Waals surface area (Å²) in [5.41, 5.74) is 0.938. The third-order valence-electron chi connectivity index (χ3n) is 2.08. The summed E-state index contributed by atoms with van der Waals surface area (Å²) in [6.45, 7) is 1.72. The van der Waals surface area contributed by atoms with Crippen LogP contribution in [0.15, 0.2) is 16.6 Å². The van der Waals surface area contributed by atoms with E-state index in [4.69, 9.17) is 0 Å². The molecule has 0 bridgehead atoms. The van der Waals surface area contributed by atoms with Crippen LogP contribution < -0.4 is 0 Å². The average Bonchev–Trinajstić information content (AvgIpc) is 2.23. The zero-order valence-corrected chi connectivity index (χ0v) is 9.91. The average molecular weight is 275 g/mol. The van der Waals surface area contributed by atoms with E-state index in [9.17, 15) is 15.0 Å². The standard InChI is InChI=1S/C10H11BrO4/c1-5-7(11)3-6(4-8(5)12)9(13)10(14)15-2/h3-4,9,12-13H,1-2H3. The molecule has 0 spiro atoms. The van der Waals surface area contributed by atoms with Crippen molar-refractivity contribution >= 4 is 21.9 Å². The number of hydrogen-bond acceptors (Lipinski definition) is 4. The molecule has 0 aliphatic heterocycles. The number of carbonyl (C=O) groups excluding carboxylic acids is 1. The van der Waals surface area contributed by atoms with Gasteiger partial charge in [-0.1, -0.05) is 15.9 Å². The van der Waals surface area contributed by atoms with Gasteiger partial charge >= 0.3 is 5.97 Å². The highest BCUT2D eigenvalue weighted by atomic mass is 79.9. The predicted octanol–water partition coefficient (Wildman–Crippen LogP) is 1.67. The molecule has 0 amide bonds. The first kappa shape index (κ1) is 12.0. The maximum absolute atomic E-state index is 11.1. The van der Waals surface area contributed by atoms with Crippen molar-refractivity contribution in [2.45, 2.75) is 13.0 Å². The van der Waals surface area contributed by atoms with Crippen molar-refractivity contribution in [2.75, 3.05) is 7.11 Å². The molecule has 0 radical (unpaired) electrons. The summed E-state index contributed by atoms with van der Waals surface area (Å²) in [6.07, 6.45) is -1.38. The molecule has 15 heavy (non-hydrogen) atoms. The number of hydrogen-bond donors (Lipinski definition) is 2. The van der Waals surface area contributed by atoms with Gasteiger partial charge in [-0.05, 0) is 24.6 Å². The van der Waals surface area contributed by atoms with Crippen molar-refractivity contribution < 1.29 is 19.7 Å². The van der Waals surface area contributed by atoms with E-state index >= 15 is 0 Å². The van der Waals surface area contributed by atoms with E-state index in [0.29, 0.717) is 10.0 Å². The number of aliphatic hydroxyl groups is 1. The first-order valence-corrected chi connectivity index (χ1v) is 5.01. The molecule has 1 aromatic carbocycles. The second-order valence-electron chi connectivity index (χ2n) is 3.07. The third kappa shape index (κ3) is 2.49. The molecular formula is C10H11BrO4. The second-order valence-corrected chi connectivity index (χ2v) is 3.93. The predicted molar refractivity (Wildman–Crippen MR) is 57.5 cm³/mol. The first-order valence-electron chi connectivity index (χ1n) is 4.22. The van der Waals surface area contributed by atoms with E-state index in [2.05, 4.69) is 20.7 Å². The van der Waals surface area contributed by atoms with E-state index in [1.165, 1.54) is 13.2 Å². The molecule has 0 aliphatic carbocycles. The molecule has 0 saturated heterocycles. The van der Waals surface area contributed by atoms with Crippen LogP contribution in [0, 0.1) is 6.92 Å². The molecule has 0 fully saturated rings. The minimum Gasteiger partial charge on any atom is -0.508 e. The number of rotatable bonds is 2. The van der Waals surface area contributed by atoms with Crippen LogP contribution in [0.25, 0.3) is 0 Å². The highest BCUT2D eigenvalue weighted by molar-refractivity contribution is 9.10. The first-order chi connectivity index (χ1) is 6.97. The molecule has 0 aromatic heterocycles. The Kier molecular flexibility index (Phi) is 3.71. The second kappa shape index (κ2) is 4.63. The number of phenols is 1. The number of aromatic hydroxyl groups is 1. The Balaban J connectivity index is 3.11. The van der Waals surface area contributed by atoms with E-state index in [-0.39, 0.29) is 11.3 Å². The summed E-state index contributed by atoms with van der Waals surface area (Å²) >= 11 is 3.21. The van der Waals surface area contributed by atoms with E-state index < -0.39 is 12.1 Å². The quantitative estimate of drug-likeness (QED) is 0.806. The number of carbonyl (C=O) groups is 1. The van der Waals surface area contributed by atoms with Gasteiger partial charge in [-0.25, -0.2) is 4.79 Å². The van der Waals surface area contributed by atoms with Crippen LogP contribution in [0.2, 0.25) is 0 Å². The summed E-state index contributed by atoms with van der Waals surface area (Å²) in [5, 5.41) is 19.0. The van der Waals surface area contributed by atoms with Crippen LogP contribution in [0.5, 0.6) is 5.75 Å². The fraction of sp³-hybridized carbons (Fsp3) is 0.300. The topological polar surface area (TPSA) is 66.8 Å². The fourth-order valence-corrected chi connectivity index (χ4v) is 1.56. The number of phenolic OH excluding ortho intramolecular Hbond substituents is 1. The van der Waals surface area contributed by atoms with Crippen molar-refractivity contribution in [3.8, 4) is 5.75 Å². The molecule has 4 nitrogen and oxygen atoms in total. The Morgan fingerprint density at radius 2 is 2.13 bits per heavy atom. The van der Waals surface area contributed by atoms with Crippen molar-refractivity contribution in [1.82, 2.24) is 0 Å². The molecule has 1 aromatic rings. The third-order valence-corrected chi connectivity index (χ3v) is 2.90. The van der Waals surface area contributed by atoms with Gasteiger partial charge in [-0.15, -0.1) is 0 Å². The lowest BCUT2D eigenvalue weighted by Gasteiger charge is -2.11. The van der Waals surface area contributed by atoms with Crippen LogP contribution in [0.1, 0.15) is 17.2 Å². The van der Waals surface area contributed by atoms with Gasteiger partial charge in [-0.2, -0.15) is 0 Å². The lowest BCUT2D eigenvalue weighted by molar-refractivity contribution is -0.150. The Labute approximate surface area is 95.6 Å². The number of methoxy groups -OCH3 is 1. The number of halogens is 1. The summed E-state index contributed by atoms with van der Waals surface area (Å²) < 4.78 is 5.02. The summed E-state index contributed by atoms with van der Waals surface area (Å²) in [7, 11) is 1.19. The van der Waals surface area contributed by atoms with Crippen LogP contribution in [-0.4, -0.2) is 23.3 Å². The van der Waals surface area contributed by atoms with Gasteiger partial charge < -0.3 is 14.9 Å².